The van der Waals surface area contributed by atoms with Crippen LogP contribution >= 0.6 is 0 Å². The van der Waals surface area contributed by atoms with Crippen LogP contribution in [0.3, 0.4) is 0 Å². The van der Waals surface area contributed by atoms with Crippen molar-refractivity contribution in [3.8, 4) is 0 Å². The third kappa shape index (κ3) is 3.73. The largest absolute Gasteiger partial charge is 0.371 e. The summed E-state index contributed by atoms with van der Waals surface area (Å²) < 4.78 is 0. The fourth-order valence-electron chi connectivity index (χ4n) is 2.79. The second-order valence-electron chi connectivity index (χ2n) is 6.60. The summed E-state index contributed by atoms with van der Waals surface area (Å²) in [7, 11) is 0. The standard InChI is InChI=1S/C17H28N2/c1-5-11-18-14(2)15-6-8-16(9-7-15)19-12-10-17(3,4)13-19/h6-9,14,18H,5,10-13H2,1-4H3. The van der Waals surface area contributed by atoms with Crippen molar-refractivity contribution in [1.82, 2.24) is 5.32 Å². The van der Waals surface area contributed by atoms with Gasteiger partial charge in [0.15, 0.2) is 0 Å². The molecule has 1 atom stereocenters. The second-order valence-corrected chi connectivity index (χ2v) is 6.60. The lowest BCUT2D eigenvalue weighted by molar-refractivity contribution is 0.418. The molecule has 1 saturated heterocycles. The number of nitrogens with zero attached hydrogens (tertiary/aromatic N) is 1. The molecule has 2 nitrogen and oxygen atoms in total. The zero-order valence-electron chi connectivity index (χ0n) is 12.9. The van der Waals surface area contributed by atoms with Crippen LogP contribution in [0.5, 0.6) is 0 Å². The van der Waals surface area contributed by atoms with Crippen molar-refractivity contribution in [2.45, 2.75) is 46.6 Å². The SMILES string of the molecule is CCCNC(C)c1ccc(N2CCC(C)(C)C2)cc1. The topological polar surface area (TPSA) is 15.3 Å². The van der Waals surface area contributed by atoms with Crippen LogP contribution in [-0.2, 0) is 0 Å². The highest BCUT2D eigenvalue weighted by molar-refractivity contribution is 5.49. The van der Waals surface area contributed by atoms with Crippen LogP contribution in [-0.4, -0.2) is 19.6 Å². The Bertz CT molecular complexity index is 394. The van der Waals surface area contributed by atoms with Gasteiger partial charge in [0.1, 0.15) is 0 Å². The molecular weight excluding hydrogens is 232 g/mol. The molecule has 2 heteroatoms. The molecule has 0 aromatic heterocycles. The van der Waals surface area contributed by atoms with Gasteiger partial charge in [-0.1, -0.05) is 32.9 Å². The summed E-state index contributed by atoms with van der Waals surface area (Å²) in [6.07, 6.45) is 2.48. The molecule has 0 aliphatic carbocycles. The Kier molecular flexibility index (Phi) is 4.51. The molecule has 1 fully saturated rings. The zero-order valence-corrected chi connectivity index (χ0v) is 12.9. The molecule has 0 saturated carbocycles. The average molecular weight is 260 g/mol. The van der Waals surface area contributed by atoms with Crippen LogP contribution in [0.25, 0.3) is 0 Å². The first-order valence-corrected chi connectivity index (χ1v) is 7.60. The smallest absolute Gasteiger partial charge is 0.0366 e. The van der Waals surface area contributed by atoms with Gasteiger partial charge in [-0.3, -0.25) is 0 Å². The van der Waals surface area contributed by atoms with Gasteiger partial charge >= 0.3 is 0 Å². The summed E-state index contributed by atoms with van der Waals surface area (Å²) in [5.74, 6) is 0. The molecule has 1 aliphatic heterocycles. The van der Waals surface area contributed by atoms with Crippen LogP contribution < -0.4 is 10.2 Å². The summed E-state index contributed by atoms with van der Waals surface area (Å²) in [6, 6.07) is 9.55. The van der Waals surface area contributed by atoms with Gasteiger partial charge in [0.05, 0.1) is 0 Å². The highest BCUT2D eigenvalue weighted by Crippen LogP contribution is 2.32. The summed E-state index contributed by atoms with van der Waals surface area (Å²) in [5.41, 5.74) is 3.22. The van der Waals surface area contributed by atoms with E-state index in [1.165, 1.54) is 37.2 Å². The molecule has 1 aromatic rings. The first-order chi connectivity index (χ1) is 9.02. The van der Waals surface area contributed by atoms with Gasteiger partial charge in [-0.25, -0.2) is 0 Å². The Balaban J connectivity index is 1.99. The first-order valence-electron chi connectivity index (χ1n) is 7.60. The van der Waals surface area contributed by atoms with Gasteiger partial charge in [-0.2, -0.15) is 0 Å². The fourth-order valence-corrected chi connectivity index (χ4v) is 2.79. The highest BCUT2D eigenvalue weighted by atomic mass is 15.2. The first kappa shape index (κ1) is 14.4. The molecule has 1 unspecified atom stereocenters. The lowest BCUT2D eigenvalue weighted by Gasteiger charge is -2.22. The van der Waals surface area contributed by atoms with E-state index in [4.69, 9.17) is 0 Å². The van der Waals surface area contributed by atoms with Crippen LogP contribution in [0.1, 0.15) is 52.1 Å². The molecular formula is C17H28N2. The summed E-state index contributed by atoms with van der Waals surface area (Å²) in [5, 5.41) is 3.54. The lowest BCUT2D eigenvalue weighted by Crippen LogP contribution is -2.23. The van der Waals surface area contributed by atoms with Gasteiger partial charge in [0, 0.05) is 24.8 Å². The summed E-state index contributed by atoms with van der Waals surface area (Å²) >= 11 is 0. The third-order valence-corrected chi connectivity index (χ3v) is 4.14. The molecule has 0 spiro atoms. The third-order valence-electron chi connectivity index (χ3n) is 4.14. The number of benzene rings is 1. The maximum Gasteiger partial charge on any atom is 0.0366 e. The normalized spacial score (nSPS) is 19.7. The van der Waals surface area contributed by atoms with Crippen molar-refractivity contribution in [3.63, 3.8) is 0 Å². The van der Waals surface area contributed by atoms with Crippen LogP contribution in [0.15, 0.2) is 24.3 Å². The van der Waals surface area contributed by atoms with Crippen molar-refractivity contribution in [3.05, 3.63) is 29.8 Å². The van der Waals surface area contributed by atoms with Crippen LogP contribution in [0.2, 0.25) is 0 Å². The molecule has 1 aliphatic rings. The molecule has 0 radical (unpaired) electrons. The van der Waals surface area contributed by atoms with E-state index < -0.39 is 0 Å². The van der Waals surface area contributed by atoms with E-state index in [9.17, 15) is 0 Å². The minimum Gasteiger partial charge on any atom is -0.371 e. The maximum atomic E-state index is 3.54. The predicted molar refractivity (Wildman–Crippen MR) is 83.8 cm³/mol. The van der Waals surface area contributed by atoms with Gasteiger partial charge in [0.2, 0.25) is 0 Å². The van der Waals surface area contributed by atoms with Crippen LogP contribution in [0, 0.1) is 5.41 Å². The van der Waals surface area contributed by atoms with Crippen molar-refractivity contribution in [2.24, 2.45) is 5.41 Å². The summed E-state index contributed by atoms with van der Waals surface area (Å²) in [4.78, 5) is 2.51. The number of anilines is 1. The fraction of sp³-hybridized carbons (Fsp3) is 0.647. The van der Waals surface area contributed by atoms with Crippen molar-refractivity contribution < 1.29 is 0 Å². The number of nitrogens with one attached hydrogen (secondary N) is 1. The van der Waals surface area contributed by atoms with E-state index in [0.29, 0.717) is 11.5 Å². The molecule has 2 rings (SSSR count). The van der Waals surface area contributed by atoms with Gasteiger partial charge in [-0.15, -0.1) is 0 Å². The molecule has 1 N–H and O–H groups in total. The molecule has 0 amide bonds. The number of rotatable bonds is 5. The van der Waals surface area contributed by atoms with E-state index in [1.807, 2.05) is 0 Å². The molecule has 1 heterocycles. The van der Waals surface area contributed by atoms with E-state index in [-0.39, 0.29) is 0 Å². The van der Waals surface area contributed by atoms with Gasteiger partial charge < -0.3 is 10.2 Å². The van der Waals surface area contributed by atoms with Crippen molar-refractivity contribution in [2.75, 3.05) is 24.5 Å². The minimum absolute atomic E-state index is 0.448. The average Bonchev–Trinajstić information content (AvgIpc) is 2.76. The number of hydrogen-bond donors (Lipinski definition) is 1. The minimum atomic E-state index is 0.448. The van der Waals surface area contributed by atoms with Crippen LogP contribution in [0.4, 0.5) is 5.69 Å². The molecule has 0 bridgehead atoms. The van der Waals surface area contributed by atoms with Gasteiger partial charge in [-0.05, 0) is 49.4 Å². The monoisotopic (exact) mass is 260 g/mol. The number of hydrogen-bond acceptors (Lipinski definition) is 2. The Morgan fingerprint density at radius 2 is 1.95 bits per heavy atom. The Hall–Kier alpha value is -1.02. The van der Waals surface area contributed by atoms with Gasteiger partial charge in [0.25, 0.3) is 0 Å². The second kappa shape index (κ2) is 5.96. The summed E-state index contributed by atoms with van der Waals surface area (Å²) in [6.45, 7) is 12.6. The van der Waals surface area contributed by atoms with E-state index >= 15 is 0 Å². The zero-order chi connectivity index (χ0) is 13.9. The quantitative estimate of drug-likeness (QED) is 0.861. The van der Waals surface area contributed by atoms with Crippen molar-refractivity contribution in [1.29, 1.82) is 0 Å². The lowest BCUT2D eigenvalue weighted by atomic mass is 9.93. The molecule has 19 heavy (non-hydrogen) atoms. The molecule has 106 valence electrons. The predicted octanol–water partition coefficient (Wildman–Crippen LogP) is 3.98. The highest BCUT2D eigenvalue weighted by Gasteiger charge is 2.29. The van der Waals surface area contributed by atoms with E-state index in [1.54, 1.807) is 0 Å². The van der Waals surface area contributed by atoms with Crippen molar-refractivity contribution >= 4 is 5.69 Å². The van der Waals surface area contributed by atoms with E-state index in [0.717, 1.165) is 6.54 Å². The Morgan fingerprint density at radius 1 is 1.26 bits per heavy atom. The Morgan fingerprint density at radius 3 is 2.47 bits per heavy atom. The Labute approximate surface area is 118 Å². The molecule has 1 aromatic carbocycles. The van der Waals surface area contributed by atoms with E-state index in [2.05, 4.69) is 62.2 Å². The maximum absolute atomic E-state index is 3.54.